The second kappa shape index (κ2) is 8.20. The van der Waals surface area contributed by atoms with Crippen molar-refractivity contribution in [3.63, 3.8) is 0 Å². The van der Waals surface area contributed by atoms with Gasteiger partial charge in [0.15, 0.2) is 5.76 Å². The Balaban J connectivity index is 1.70. The molecule has 0 unspecified atom stereocenters. The molecule has 152 valence electrons. The molecule has 0 aliphatic carbocycles. The third-order valence-electron chi connectivity index (χ3n) is 4.54. The summed E-state index contributed by atoms with van der Waals surface area (Å²) in [6, 6.07) is 14.4. The van der Waals surface area contributed by atoms with Gasteiger partial charge >= 0.3 is 0 Å². The van der Waals surface area contributed by atoms with E-state index in [0.717, 1.165) is 11.1 Å². The second-order valence-corrected chi connectivity index (χ2v) is 6.93. The Hall–Kier alpha value is -3.94. The Morgan fingerprint density at radius 3 is 2.80 bits per heavy atom. The molecule has 0 atom stereocenters. The minimum Gasteiger partial charge on any atom is -0.463 e. The lowest BCUT2D eigenvalue weighted by Gasteiger charge is -2.09. The molecule has 1 aromatic carbocycles. The van der Waals surface area contributed by atoms with Crippen LogP contribution in [0.5, 0.6) is 0 Å². The molecule has 8 heteroatoms. The Morgan fingerprint density at radius 2 is 2.07 bits per heavy atom. The summed E-state index contributed by atoms with van der Waals surface area (Å²) in [6.07, 6.45) is 2.35. The molecule has 0 saturated heterocycles. The topological polar surface area (TPSA) is 106 Å². The van der Waals surface area contributed by atoms with Crippen LogP contribution >= 0.6 is 0 Å². The van der Waals surface area contributed by atoms with Crippen LogP contribution in [-0.4, -0.2) is 25.7 Å². The second-order valence-electron chi connectivity index (χ2n) is 6.93. The maximum atomic E-state index is 12.7. The maximum absolute atomic E-state index is 12.7. The average molecular weight is 403 g/mol. The van der Waals surface area contributed by atoms with E-state index in [2.05, 4.69) is 20.4 Å². The van der Waals surface area contributed by atoms with Gasteiger partial charge in [-0.2, -0.15) is 9.78 Å². The lowest BCUT2D eigenvalue weighted by molar-refractivity contribution is -0.115. The number of furan rings is 1. The SMILES string of the molecule is CCc1cc(=O)[nH]c(-n2nc(-c3ccco3)cc2NC(=O)Cc2cccc(C)c2)n1. The molecule has 3 aromatic heterocycles. The summed E-state index contributed by atoms with van der Waals surface area (Å²) in [5.41, 5.74) is 2.84. The molecule has 8 nitrogen and oxygen atoms in total. The highest BCUT2D eigenvalue weighted by Gasteiger charge is 2.17. The molecule has 0 aliphatic rings. The van der Waals surface area contributed by atoms with Gasteiger partial charge in [-0.15, -0.1) is 0 Å². The number of carbonyl (C=O) groups excluding carboxylic acids is 1. The fourth-order valence-electron chi connectivity index (χ4n) is 3.15. The Bertz CT molecular complexity index is 1240. The van der Waals surface area contributed by atoms with Crippen LogP contribution in [0, 0.1) is 6.92 Å². The Kier molecular flexibility index (Phi) is 5.30. The van der Waals surface area contributed by atoms with Crippen LogP contribution in [0.15, 0.2) is 64.0 Å². The van der Waals surface area contributed by atoms with Crippen molar-refractivity contribution in [2.24, 2.45) is 0 Å². The summed E-state index contributed by atoms with van der Waals surface area (Å²) in [4.78, 5) is 31.9. The van der Waals surface area contributed by atoms with E-state index in [1.165, 1.54) is 10.7 Å². The van der Waals surface area contributed by atoms with Crippen LogP contribution in [0.4, 0.5) is 5.82 Å². The number of nitrogens with zero attached hydrogens (tertiary/aromatic N) is 3. The van der Waals surface area contributed by atoms with Crippen molar-refractivity contribution < 1.29 is 9.21 Å². The van der Waals surface area contributed by atoms with Gasteiger partial charge in [0.25, 0.3) is 5.56 Å². The third kappa shape index (κ3) is 4.22. The molecular weight excluding hydrogens is 382 g/mol. The van der Waals surface area contributed by atoms with Gasteiger partial charge in [-0.05, 0) is 31.0 Å². The number of benzene rings is 1. The van der Waals surface area contributed by atoms with Crippen molar-refractivity contribution in [3.05, 3.63) is 82.0 Å². The van der Waals surface area contributed by atoms with Gasteiger partial charge in [0.1, 0.15) is 11.5 Å². The summed E-state index contributed by atoms with van der Waals surface area (Å²) in [5.74, 6) is 0.942. The van der Waals surface area contributed by atoms with Crippen molar-refractivity contribution in [3.8, 4) is 17.4 Å². The van der Waals surface area contributed by atoms with Crippen molar-refractivity contribution in [2.75, 3.05) is 5.32 Å². The van der Waals surface area contributed by atoms with Gasteiger partial charge in [-0.3, -0.25) is 14.6 Å². The fourth-order valence-corrected chi connectivity index (χ4v) is 3.15. The van der Waals surface area contributed by atoms with E-state index >= 15 is 0 Å². The van der Waals surface area contributed by atoms with Crippen LogP contribution < -0.4 is 10.9 Å². The molecule has 0 radical (unpaired) electrons. The van der Waals surface area contributed by atoms with Crippen LogP contribution in [0.3, 0.4) is 0 Å². The molecule has 2 N–H and O–H groups in total. The van der Waals surface area contributed by atoms with Gasteiger partial charge in [0.2, 0.25) is 11.9 Å². The predicted molar refractivity (Wildman–Crippen MR) is 113 cm³/mol. The smallest absolute Gasteiger partial charge is 0.252 e. The van der Waals surface area contributed by atoms with E-state index in [4.69, 9.17) is 4.42 Å². The van der Waals surface area contributed by atoms with Crippen molar-refractivity contribution >= 4 is 11.7 Å². The highest BCUT2D eigenvalue weighted by Crippen LogP contribution is 2.24. The van der Waals surface area contributed by atoms with Gasteiger partial charge in [0, 0.05) is 17.8 Å². The van der Waals surface area contributed by atoms with Crippen molar-refractivity contribution in [2.45, 2.75) is 26.7 Å². The number of aromatic nitrogens is 4. The molecule has 0 bridgehead atoms. The van der Waals surface area contributed by atoms with Crippen LogP contribution in [-0.2, 0) is 17.6 Å². The third-order valence-corrected chi connectivity index (χ3v) is 4.54. The number of carbonyl (C=O) groups is 1. The minimum atomic E-state index is -0.288. The molecule has 0 fully saturated rings. The van der Waals surface area contributed by atoms with E-state index in [-0.39, 0.29) is 23.8 Å². The van der Waals surface area contributed by atoms with Crippen LogP contribution in [0.1, 0.15) is 23.7 Å². The molecular formula is C22H21N5O3. The first-order valence-corrected chi connectivity index (χ1v) is 9.62. The van der Waals surface area contributed by atoms with Crippen LogP contribution in [0.2, 0.25) is 0 Å². The summed E-state index contributed by atoms with van der Waals surface area (Å²) < 4.78 is 6.83. The van der Waals surface area contributed by atoms with E-state index < -0.39 is 0 Å². The summed E-state index contributed by atoms with van der Waals surface area (Å²) in [5, 5.41) is 7.36. The largest absolute Gasteiger partial charge is 0.463 e. The maximum Gasteiger partial charge on any atom is 0.252 e. The molecule has 1 amide bonds. The highest BCUT2D eigenvalue weighted by atomic mass is 16.3. The summed E-state index contributed by atoms with van der Waals surface area (Å²) in [7, 11) is 0. The Morgan fingerprint density at radius 1 is 1.20 bits per heavy atom. The Labute approximate surface area is 172 Å². The first-order chi connectivity index (χ1) is 14.5. The number of nitrogens with one attached hydrogen (secondary N) is 2. The zero-order chi connectivity index (χ0) is 21.1. The van der Waals surface area contributed by atoms with Gasteiger partial charge in [0.05, 0.1) is 12.7 Å². The zero-order valence-electron chi connectivity index (χ0n) is 16.7. The molecule has 4 rings (SSSR count). The summed E-state index contributed by atoms with van der Waals surface area (Å²) in [6.45, 7) is 3.89. The number of anilines is 1. The van der Waals surface area contributed by atoms with Crippen molar-refractivity contribution in [1.29, 1.82) is 0 Å². The number of H-pyrrole nitrogens is 1. The quantitative estimate of drug-likeness (QED) is 0.514. The van der Waals surface area contributed by atoms with E-state index in [1.54, 1.807) is 24.5 Å². The molecule has 3 heterocycles. The fraction of sp³-hybridized carbons (Fsp3) is 0.182. The van der Waals surface area contributed by atoms with E-state index in [9.17, 15) is 9.59 Å². The number of amides is 1. The lowest BCUT2D eigenvalue weighted by atomic mass is 10.1. The van der Waals surface area contributed by atoms with E-state index in [0.29, 0.717) is 29.4 Å². The van der Waals surface area contributed by atoms with Gasteiger partial charge in [-0.25, -0.2) is 4.98 Å². The number of aromatic amines is 1. The standard InChI is InChI=1S/C22H21N5O3/c1-3-16-12-21(29)25-22(23-16)27-19(13-17(26-27)18-8-5-9-30-18)24-20(28)11-15-7-4-6-14(2)10-15/h4-10,12-13H,3,11H2,1-2H3,(H,24,28)(H,23,25,29). The first-order valence-electron chi connectivity index (χ1n) is 9.62. The monoisotopic (exact) mass is 403 g/mol. The highest BCUT2D eigenvalue weighted by molar-refractivity contribution is 5.92. The molecule has 0 spiro atoms. The number of aryl methyl sites for hydroxylation is 2. The van der Waals surface area contributed by atoms with Gasteiger partial charge < -0.3 is 9.73 Å². The molecule has 4 aromatic rings. The molecule has 0 aliphatic heterocycles. The number of rotatable bonds is 6. The normalized spacial score (nSPS) is 10.9. The van der Waals surface area contributed by atoms with Gasteiger partial charge in [-0.1, -0.05) is 36.8 Å². The van der Waals surface area contributed by atoms with Crippen molar-refractivity contribution in [1.82, 2.24) is 19.7 Å². The first kappa shape index (κ1) is 19.4. The number of hydrogen-bond donors (Lipinski definition) is 2. The molecule has 30 heavy (non-hydrogen) atoms. The van der Waals surface area contributed by atoms with Crippen LogP contribution in [0.25, 0.3) is 17.4 Å². The summed E-state index contributed by atoms with van der Waals surface area (Å²) >= 11 is 0. The minimum absolute atomic E-state index is 0.207. The number of hydrogen-bond acceptors (Lipinski definition) is 5. The molecule has 0 saturated carbocycles. The zero-order valence-corrected chi connectivity index (χ0v) is 16.7. The van der Waals surface area contributed by atoms with E-state index in [1.807, 2.05) is 38.1 Å². The lowest BCUT2D eigenvalue weighted by Crippen LogP contribution is -2.20. The average Bonchev–Trinajstić information content (AvgIpc) is 3.37. The predicted octanol–water partition coefficient (Wildman–Crippen LogP) is 3.27.